The molecule has 1 rings (SSSR count). The summed E-state index contributed by atoms with van der Waals surface area (Å²) in [5.74, 6) is 0. The Bertz CT molecular complexity index is 200. The first-order valence-corrected chi connectivity index (χ1v) is 5.43. The zero-order valence-electron chi connectivity index (χ0n) is 8.96. The molecule has 0 aromatic heterocycles. The van der Waals surface area contributed by atoms with Crippen molar-refractivity contribution in [2.45, 2.75) is 44.6 Å². The first-order chi connectivity index (χ1) is 6.66. The van der Waals surface area contributed by atoms with Crippen LogP contribution in [0.4, 0.5) is 4.79 Å². The van der Waals surface area contributed by atoms with Crippen LogP contribution in [0.2, 0.25) is 0 Å². The minimum absolute atomic E-state index is 0.137. The van der Waals surface area contributed by atoms with Gasteiger partial charge >= 0.3 is 6.03 Å². The van der Waals surface area contributed by atoms with Crippen molar-refractivity contribution in [1.29, 1.82) is 0 Å². The van der Waals surface area contributed by atoms with Crippen molar-refractivity contribution in [2.24, 2.45) is 11.5 Å². The second kappa shape index (κ2) is 4.64. The molecule has 0 spiro atoms. The highest BCUT2D eigenvalue weighted by Crippen LogP contribution is 2.34. The largest absolute Gasteiger partial charge is 0.351 e. The van der Waals surface area contributed by atoms with Crippen molar-refractivity contribution in [3.05, 3.63) is 0 Å². The van der Waals surface area contributed by atoms with Crippen molar-refractivity contribution in [2.75, 3.05) is 13.1 Å². The van der Waals surface area contributed by atoms with Gasteiger partial charge in [-0.3, -0.25) is 0 Å². The summed E-state index contributed by atoms with van der Waals surface area (Å²) in [6.45, 7) is 3.32. The van der Waals surface area contributed by atoms with Gasteiger partial charge in [-0.2, -0.15) is 0 Å². The number of carbonyl (C=O) groups excluding carboxylic acids is 1. The van der Waals surface area contributed by atoms with Crippen LogP contribution in [0, 0.1) is 0 Å². The lowest BCUT2D eigenvalue weighted by atomic mass is 9.95. The van der Waals surface area contributed by atoms with Gasteiger partial charge in [0.05, 0.1) is 5.54 Å². The van der Waals surface area contributed by atoms with Gasteiger partial charge in [0.1, 0.15) is 0 Å². The minimum atomic E-state index is -0.320. The molecule has 0 saturated heterocycles. The van der Waals surface area contributed by atoms with Crippen LogP contribution >= 0.6 is 0 Å². The fraction of sp³-hybridized carbons (Fsp3) is 0.900. The maximum Gasteiger partial charge on any atom is 0.315 e. The van der Waals surface area contributed by atoms with Gasteiger partial charge in [-0.15, -0.1) is 0 Å². The molecule has 0 aliphatic heterocycles. The third-order valence-corrected chi connectivity index (χ3v) is 3.20. The van der Waals surface area contributed by atoms with E-state index in [4.69, 9.17) is 11.5 Å². The third kappa shape index (κ3) is 2.00. The van der Waals surface area contributed by atoms with Crippen LogP contribution in [-0.4, -0.2) is 29.6 Å². The number of nitrogens with two attached hydrogens (primary N) is 2. The summed E-state index contributed by atoms with van der Waals surface area (Å²) in [5, 5.41) is 0. The molecular formula is C10H21N3O. The number of carbonyl (C=O) groups is 1. The Hall–Kier alpha value is -0.770. The standard InChI is InChI=1S/C10H21N3O/c1-2-7-13(9(12)14)10(8-11)5-3-4-6-10/h2-8,11H2,1H3,(H2,12,14). The topological polar surface area (TPSA) is 72.3 Å². The van der Waals surface area contributed by atoms with E-state index in [0.717, 1.165) is 38.6 Å². The van der Waals surface area contributed by atoms with Crippen molar-refractivity contribution in [1.82, 2.24) is 4.90 Å². The van der Waals surface area contributed by atoms with Crippen LogP contribution in [0.1, 0.15) is 39.0 Å². The maximum atomic E-state index is 11.3. The lowest BCUT2D eigenvalue weighted by molar-refractivity contribution is 0.126. The fourth-order valence-electron chi connectivity index (χ4n) is 2.42. The summed E-state index contributed by atoms with van der Waals surface area (Å²) in [4.78, 5) is 13.1. The van der Waals surface area contributed by atoms with Crippen LogP contribution in [0.5, 0.6) is 0 Å². The lowest BCUT2D eigenvalue weighted by Crippen LogP contribution is -2.56. The number of hydrogen-bond acceptors (Lipinski definition) is 2. The molecule has 1 aliphatic carbocycles. The number of hydrogen-bond donors (Lipinski definition) is 2. The summed E-state index contributed by atoms with van der Waals surface area (Å²) >= 11 is 0. The predicted octanol–water partition coefficient (Wildman–Crippen LogP) is 1.05. The molecule has 0 radical (unpaired) electrons. The normalized spacial score (nSPS) is 19.6. The Morgan fingerprint density at radius 1 is 1.43 bits per heavy atom. The lowest BCUT2D eigenvalue weighted by Gasteiger charge is -2.39. The van der Waals surface area contributed by atoms with Crippen molar-refractivity contribution < 1.29 is 4.79 Å². The molecule has 1 saturated carbocycles. The van der Waals surface area contributed by atoms with E-state index in [1.54, 1.807) is 4.90 Å². The Morgan fingerprint density at radius 3 is 2.36 bits per heavy atom. The molecule has 0 aromatic carbocycles. The van der Waals surface area contributed by atoms with Gasteiger partial charge in [-0.25, -0.2) is 4.79 Å². The summed E-state index contributed by atoms with van der Waals surface area (Å²) in [7, 11) is 0. The SMILES string of the molecule is CCCN(C(N)=O)C1(CN)CCCC1. The number of rotatable bonds is 4. The predicted molar refractivity (Wildman–Crippen MR) is 56.8 cm³/mol. The van der Waals surface area contributed by atoms with E-state index in [2.05, 4.69) is 6.92 Å². The zero-order valence-corrected chi connectivity index (χ0v) is 8.96. The molecule has 4 N–H and O–H groups in total. The first kappa shape index (κ1) is 11.3. The van der Waals surface area contributed by atoms with Crippen LogP contribution in [-0.2, 0) is 0 Å². The summed E-state index contributed by atoms with van der Waals surface area (Å²) < 4.78 is 0. The smallest absolute Gasteiger partial charge is 0.315 e. The molecule has 4 nitrogen and oxygen atoms in total. The van der Waals surface area contributed by atoms with Crippen molar-refractivity contribution in [3.8, 4) is 0 Å². The number of primary amides is 1. The highest BCUT2D eigenvalue weighted by Gasteiger charge is 2.39. The second-order valence-corrected chi connectivity index (χ2v) is 4.13. The van der Waals surface area contributed by atoms with Crippen molar-refractivity contribution >= 4 is 6.03 Å². The molecule has 0 atom stereocenters. The van der Waals surface area contributed by atoms with Gasteiger partial charge in [0, 0.05) is 13.1 Å². The molecule has 0 bridgehead atoms. The molecule has 0 heterocycles. The molecule has 0 aromatic rings. The van der Waals surface area contributed by atoms with Gasteiger partial charge in [0.15, 0.2) is 0 Å². The van der Waals surface area contributed by atoms with Gasteiger partial charge in [0.2, 0.25) is 0 Å². The van der Waals surface area contributed by atoms with Crippen LogP contribution in [0.3, 0.4) is 0 Å². The van der Waals surface area contributed by atoms with E-state index >= 15 is 0 Å². The molecule has 1 fully saturated rings. The Kier molecular flexibility index (Phi) is 3.75. The minimum Gasteiger partial charge on any atom is -0.351 e. The monoisotopic (exact) mass is 199 g/mol. The van der Waals surface area contributed by atoms with Gasteiger partial charge in [0.25, 0.3) is 0 Å². The number of urea groups is 1. The maximum absolute atomic E-state index is 11.3. The van der Waals surface area contributed by atoms with Crippen molar-refractivity contribution in [3.63, 3.8) is 0 Å². The van der Waals surface area contributed by atoms with E-state index in [0.29, 0.717) is 6.54 Å². The molecule has 14 heavy (non-hydrogen) atoms. The summed E-state index contributed by atoms with van der Waals surface area (Å²) in [5.41, 5.74) is 11.0. The average Bonchev–Trinajstić information content (AvgIpc) is 2.63. The van der Waals surface area contributed by atoms with Gasteiger partial charge in [-0.05, 0) is 19.3 Å². The second-order valence-electron chi connectivity index (χ2n) is 4.13. The molecular weight excluding hydrogens is 178 g/mol. The third-order valence-electron chi connectivity index (χ3n) is 3.20. The zero-order chi connectivity index (χ0) is 10.6. The van der Waals surface area contributed by atoms with Crippen LogP contribution in [0.15, 0.2) is 0 Å². The van der Waals surface area contributed by atoms with E-state index < -0.39 is 0 Å². The Morgan fingerprint density at radius 2 is 2.00 bits per heavy atom. The summed E-state index contributed by atoms with van der Waals surface area (Å²) in [6.07, 6.45) is 5.26. The van der Waals surface area contributed by atoms with Gasteiger partial charge < -0.3 is 16.4 Å². The average molecular weight is 199 g/mol. The van der Waals surface area contributed by atoms with E-state index in [1.165, 1.54) is 0 Å². The van der Waals surface area contributed by atoms with E-state index in [1.807, 2.05) is 0 Å². The Balaban J connectivity index is 2.76. The first-order valence-electron chi connectivity index (χ1n) is 5.43. The Labute approximate surface area is 85.6 Å². The summed E-state index contributed by atoms with van der Waals surface area (Å²) in [6, 6.07) is -0.320. The molecule has 1 aliphatic rings. The fourth-order valence-corrected chi connectivity index (χ4v) is 2.42. The van der Waals surface area contributed by atoms with E-state index in [9.17, 15) is 4.79 Å². The van der Waals surface area contributed by atoms with Crippen LogP contribution in [0.25, 0.3) is 0 Å². The van der Waals surface area contributed by atoms with E-state index in [-0.39, 0.29) is 11.6 Å². The highest BCUT2D eigenvalue weighted by atomic mass is 16.2. The van der Waals surface area contributed by atoms with Gasteiger partial charge in [-0.1, -0.05) is 19.8 Å². The molecule has 4 heteroatoms. The quantitative estimate of drug-likeness (QED) is 0.710. The molecule has 2 amide bonds. The number of nitrogens with zero attached hydrogens (tertiary/aromatic N) is 1. The molecule has 0 unspecified atom stereocenters. The van der Waals surface area contributed by atoms with Crippen LogP contribution < -0.4 is 11.5 Å². The number of amides is 2. The molecule has 82 valence electrons. The highest BCUT2D eigenvalue weighted by molar-refractivity contribution is 5.73.